The molecule has 1 aliphatic carbocycles. The van der Waals surface area contributed by atoms with Gasteiger partial charge in [0, 0.05) is 47.4 Å². The molecule has 4 aromatic rings. The van der Waals surface area contributed by atoms with Crippen LogP contribution in [0.2, 0.25) is 0 Å². The lowest BCUT2D eigenvalue weighted by Gasteiger charge is -2.11. The summed E-state index contributed by atoms with van der Waals surface area (Å²) in [7, 11) is 0. The number of anilines is 2. The average Bonchev–Trinajstić information content (AvgIpc) is 3.60. The molecule has 34 heavy (non-hydrogen) atoms. The van der Waals surface area contributed by atoms with Gasteiger partial charge < -0.3 is 20.4 Å². The first-order valence-electron chi connectivity index (χ1n) is 10.7. The molecule has 2 amide bonds. The molecule has 0 radical (unpaired) electrons. The van der Waals surface area contributed by atoms with Gasteiger partial charge in [-0.3, -0.25) is 9.59 Å². The van der Waals surface area contributed by atoms with Crippen molar-refractivity contribution in [2.24, 2.45) is 5.92 Å². The molecule has 0 saturated heterocycles. The van der Waals surface area contributed by atoms with Gasteiger partial charge in [0.15, 0.2) is 17.4 Å². The van der Waals surface area contributed by atoms with Crippen LogP contribution in [0.3, 0.4) is 0 Å². The SMILES string of the molecule is O=C(Cc1c[nH]c2ccccc12)Nc1cc(F)c(Oc2ccnc(NC(=O)C3CC3)c2)cc1F. The maximum atomic E-state index is 14.6. The first-order valence-corrected chi connectivity index (χ1v) is 10.7. The lowest BCUT2D eigenvalue weighted by atomic mass is 10.1. The summed E-state index contributed by atoms with van der Waals surface area (Å²) in [6.45, 7) is 0. The summed E-state index contributed by atoms with van der Waals surface area (Å²) in [5.74, 6) is -2.25. The topological polar surface area (TPSA) is 96.1 Å². The van der Waals surface area contributed by atoms with Crippen LogP contribution in [0.15, 0.2) is 60.9 Å². The standard InChI is InChI=1S/C25H20F2N4O3/c26-18-12-22(34-16-7-8-28-23(10-16)31-25(33)14-5-6-14)19(27)11-21(18)30-24(32)9-15-13-29-20-4-2-1-3-17(15)20/h1-4,7-8,10-14,29H,5-6,9H2,(H,30,32)(H,28,31,33). The van der Waals surface area contributed by atoms with Gasteiger partial charge in [-0.05, 0) is 30.5 Å². The second-order valence-electron chi connectivity index (χ2n) is 8.09. The van der Waals surface area contributed by atoms with Crippen molar-refractivity contribution >= 4 is 34.2 Å². The van der Waals surface area contributed by atoms with Crippen LogP contribution in [0.4, 0.5) is 20.3 Å². The first-order chi connectivity index (χ1) is 16.5. The number of halogens is 2. The quantitative estimate of drug-likeness (QED) is 0.353. The fourth-order valence-electron chi connectivity index (χ4n) is 3.59. The van der Waals surface area contributed by atoms with Gasteiger partial charge in [0.05, 0.1) is 12.1 Å². The number of para-hydroxylation sites is 1. The van der Waals surface area contributed by atoms with Gasteiger partial charge in [-0.25, -0.2) is 13.8 Å². The molecular weight excluding hydrogens is 442 g/mol. The number of carbonyl (C=O) groups excluding carboxylic acids is 2. The highest BCUT2D eigenvalue weighted by Gasteiger charge is 2.29. The Hall–Kier alpha value is -4.27. The minimum Gasteiger partial charge on any atom is -0.454 e. The van der Waals surface area contributed by atoms with Crippen molar-refractivity contribution in [3.63, 3.8) is 0 Å². The molecule has 7 nitrogen and oxygen atoms in total. The number of ether oxygens (including phenoxy) is 1. The van der Waals surface area contributed by atoms with E-state index in [1.54, 1.807) is 6.20 Å². The van der Waals surface area contributed by atoms with Crippen LogP contribution in [0.25, 0.3) is 10.9 Å². The molecule has 1 saturated carbocycles. The molecule has 2 aromatic heterocycles. The van der Waals surface area contributed by atoms with E-state index in [2.05, 4.69) is 20.6 Å². The van der Waals surface area contributed by atoms with E-state index in [1.807, 2.05) is 24.3 Å². The number of pyridine rings is 1. The van der Waals surface area contributed by atoms with Crippen molar-refractivity contribution in [3.8, 4) is 11.5 Å². The third-order valence-corrected chi connectivity index (χ3v) is 5.48. The smallest absolute Gasteiger partial charge is 0.228 e. The molecule has 9 heteroatoms. The highest BCUT2D eigenvalue weighted by Crippen LogP contribution is 2.32. The summed E-state index contributed by atoms with van der Waals surface area (Å²) in [5, 5.41) is 5.97. The van der Waals surface area contributed by atoms with Crippen molar-refractivity contribution in [2.75, 3.05) is 10.6 Å². The Morgan fingerprint density at radius 1 is 1.06 bits per heavy atom. The summed E-state index contributed by atoms with van der Waals surface area (Å²) in [5.41, 5.74) is 1.34. The molecule has 5 rings (SSSR count). The third kappa shape index (κ3) is 4.73. The summed E-state index contributed by atoms with van der Waals surface area (Å²) >= 11 is 0. The predicted octanol–water partition coefficient (Wildman–Crippen LogP) is 5.16. The Morgan fingerprint density at radius 2 is 1.88 bits per heavy atom. The van der Waals surface area contributed by atoms with E-state index in [4.69, 9.17) is 4.74 Å². The molecule has 2 aromatic carbocycles. The second kappa shape index (κ2) is 8.93. The Kier molecular flexibility index (Phi) is 5.67. The summed E-state index contributed by atoms with van der Waals surface area (Å²) in [6, 6.07) is 12.1. The fraction of sp³-hybridized carbons (Fsp3) is 0.160. The number of hydrogen-bond acceptors (Lipinski definition) is 4. The number of nitrogens with one attached hydrogen (secondary N) is 3. The van der Waals surface area contributed by atoms with Gasteiger partial charge in [-0.15, -0.1) is 0 Å². The zero-order valence-electron chi connectivity index (χ0n) is 17.9. The van der Waals surface area contributed by atoms with Crippen LogP contribution >= 0.6 is 0 Å². The molecule has 2 heterocycles. The number of carbonyl (C=O) groups is 2. The molecule has 0 unspecified atom stereocenters. The molecular formula is C25H20F2N4O3. The van der Waals surface area contributed by atoms with Crippen molar-refractivity contribution < 1.29 is 23.1 Å². The van der Waals surface area contributed by atoms with Crippen molar-refractivity contribution in [1.29, 1.82) is 0 Å². The van der Waals surface area contributed by atoms with Crippen molar-refractivity contribution in [3.05, 3.63) is 78.1 Å². The Labute approximate surface area is 193 Å². The molecule has 172 valence electrons. The molecule has 1 fully saturated rings. The molecule has 0 spiro atoms. The number of hydrogen-bond donors (Lipinski definition) is 3. The van der Waals surface area contributed by atoms with Crippen LogP contribution in [0.5, 0.6) is 11.5 Å². The van der Waals surface area contributed by atoms with Crippen LogP contribution in [0, 0.1) is 17.6 Å². The maximum absolute atomic E-state index is 14.6. The number of H-pyrrole nitrogens is 1. The third-order valence-electron chi connectivity index (χ3n) is 5.48. The number of aromatic nitrogens is 2. The number of aromatic amines is 1. The van der Waals surface area contributed by atoms with E-state index < -0.39 is 17.5 Å². The van der Waals surface area contributed by atoms with E-state index in [-0.39, 0.29) is 41.3 Å². The maximum Gasteiger partial charge on any atom is 0.228 e. The largest absolute Gasteiger partial charge is 0.454 e. The molecule has 1 aliphatic rings. The summed E-state index contributed by atoms with van der Waals surface area (Å²) in [6.07, 6.45) is 4.80. The highest BCUT2D eigenvalue weighted by molar-refractivity contribution is 5.96. The number of benzene rings is 2. The number of fused-ring (bicyclic) bond motifs is 1. The zero-order valence-corrected chi connectivity index (χ0v) is 17.9. The van der Waals surface area contributed by atoms with E-state index in [1.165, 1.54) is 18.3 Å². The molecule has 3 N–H and O–H groups in total. The molecule has 0 bridgehead atoms. The van der Waals surface area contributed by atoms with E-state index in [9.17, 15) is 18.4 Å². The Bertz CT molecular complexity index is 1400. The second-order valence-corrected chi connectivity index (χ2v) is 8.09. The number of nitrogens with zero attached hydrogens (tertiary/aromatic N) is 1. The number of rotatable bonds is 7. The first kappa shape index (κ1) is 21.6. The molecule has 0 aliphatic heterocycles. The van der Waals surface area contributed by atoms with E-state index in [0.717, 1.165) is 41.4 Å². The van der Waals surface area contributed by atoms with Crippen LogP contribution in [0.1, 0.15) is 18.4 Å². The highest BCUT2D eigenvalue weighted by atomic mass is 19.1. The normalized spacial score (nSPS) is 13.0. The average molecular weight is 462 g/mol. The monoisotopic (exact) mass is 462 g/mol. The van der Waals surface area contributed by atoms with Crippen LogP contribution in [-0.4, -0.2) is 21.8 Å². The minimum absolute atomic E-state index is 0.00312. The van der Waals surface area contributed by atoms with Crippen LogP contribution in [-0.2, 0) is 16.0 Å². The van der Waals surface area contributed by atoms with Gasteiger partial charge >= 0.3 is 0 Å². The van der Waals surface area contributed by atoms with E-state index in [0.29, 0.717) is 0 Å². The summed E-state index contributed by atoms with van der Waals surface area (Å²) in [4.78, 5) is 31.5. The summed E-state index contributed by atoms with van der Waals surface area (Å²) < 4.78 is 34.7. The van der Waals surface area contributed by atoms with Gasteiger partial charge in [-0.1, -0.05) is 18.2 Å². The fourth-order valence-corrected chi connectivity index (χ4v) is 3.59. The molecule has 0 atom stereocenters. The number of amides is 2. The van der Waals surface area contributed by atoms with Crippen LogP contribution < -0.4 is 15.4 Å². The van der Waals surface area contributed by atoms with Gasteiger partial charge in [0.1, 0.15) is 11.6 Å². The Morgan fingerprint density at radius 3 is 2.71 bits per heavy atom. The van der Waals surface area contributed by atoms with Gasteiger partial charge in [0.2, 0.25) is 11.8 Å². The zero-order chi connectivity index (χ0) is 23.7. The van der Waals surface area contributed by atoms with E-state index >= 15 is 0 Å². The van der Waals surface area contributed by atoms with Gasteiger partial charge in [0.25, 0.3) is 0 Å². The van der Waals surface area contributed by atoms with Crippen molar-refractivity contribution in [2.45, 2.75) is 19.3 Å². The lowest BCUT2D eigenvalue weighted by molar-refractivity contribution is -0.117. The minimum atomic E-state index is -0.857. The van der Waals surface area contributed by atoms with Crippen molar-refractivity contribution in [1.82, 2.24) is 9.97 Å². The Balaban J connectivity index is 1.27. The van der Waals surface area contributed by atoms with Gasteiger partial charge in [-0.2, -0.15) is 0 Å². The lowest BCUT2D eigenvalue weighted by Crippen LogP contribution is -2.15. The predicted molar refractivity (Wildman–Crippen MR) is 123 cm³/mol.